The minimum atomic E-state index is -0.0962. The predicted octanol–water partition coefficient (Wildman–Crippen LogP) is 0.626. The minimum Gasteiger partial charge on any atom is -0.349 e. The lowest BCUT2D eigenvalue weighted by Crippen LogP contribution is -2.31. The lowest BCUT2D eigenvalue weighted by atomic mass is 10.2. The van der Waals surface area contributed by atoms with E-state index in [0.29, 0.717) is 18.2 Å². The lowest BCUT2D eigenvalue weighted by molar-refractivity contribution is 0.0949. The van der Waals surface area contributed by atoms with Crippen molar-refractivity contribution in [1.29, 1.82) is 0 Å². The zero-order chi connectivity index (χ0) is 11.4. The molecule has 0 saturated heterocycles. The molecular weight excluding hydrogens is 204 g/mol. The number of aromatic nitrogens is 2. The average molecular weight is 222 g/mol. The van der Waals surface area contributed by atoms with Crippen molar-refractivity contribution in [3.63, 3.8) is 0 Å². The molecule has 1 aromatic rings. The number of rotatable bonds is 6. The Balaban J connectivity index is 1.78. The van der Waals surface area contributed by atoms with E-state index in [9.17, 15) is 4.79 Å². The van der Waals surface area contributed by atoms with Gasteiger partial charge in [-0.2, -0.15) is 5.10 Å². The summed E-state index contributed by atoms with van der Waals surface area (Å²) in [6.45, 7) is 4.39. The second-order valence-electron chi connectivity index (χ2n) is 4.09. The Labute approximate surface area is 95.0 Å². The van der Waals surface area contributed by atoms with Crippen LogP contribution in [0.3, 0.4) is 0 Å². The molecule has 1 amide bonds. The van der Waals surface area contributed by atoms with Crippen molar-refractivity contribution in [2.24, 2.45) is 0 Å². The van der Waals surface area contributed by atoms with Crippen molar-refractivity contribution in [2.75, 3.05) is 19.6 Å². The summed E-state index contributed by atoms with van der Waals surface area (Å²) in [6.07, 6.45) is 2.42. The van der Waals surface area contributed by atoms with Crippen LogP contribution < -0.4 is 10.6 Å². The zero-order valence-corrected chi connectivity index (χ0v) is 9.55. The number of nitrogens with zero attached hydrogens (tertiary/aromatic N) is 1. The van der Waals surface area contributed by atoms with Crippen LogP contribution in [0.15, 0.2) is 6.07 Å². The summed E-state index contributed by atoms with van der Waals surface area (Å²) in [7, 11) is 0. The Hall–Kier alpha value is -1.36. The van der Waals surface area contributed by atoms with Crippen LogP contribution in [-0.4, -0.2) is 35.7 Å². The minimum absolute atomic E-state index is 0.0962. The quantitative estimate of drug-likeness (QED) is 0.618. The van der Waals surface area contributed by atoms with Crippen molar-refractivity contribution in [1.82, 2.24) is 20.8 Å². The van der Waals surface area contributed by atoms with Crippen LogP contribution in [0.4, 0.5) is 0 Å². The summed E-state index contributed by atoms with van der Waals surface area (Å²) in [5, 5.41) is 12.9. The molecule has 5 heteroatoms. The normalized spacial score (nSPS) is 15.1. The van der Waals surface area contributed by atoms with Gasteiger partial charge in [0.1, 0.15) is 5.69 Å². The molecular formula is C11H18N4O. The number of nitrogens with one attached hydrogen (secondary N) is 3. The fourth-order valence-electron chi connectivity index (χ4n) is 1.59. The Morgan fingerprint density at radius 3 is 3.06 bits per heavy atom. The largest absolute Gasteiger partial charge is 0.349 e. The SMILES string of the molecule is CCNCCNC(=O)c1cc(C2CC2)[nH]n1. The van der Waals surface area contributed by atoms with Gasteiger partial charge in [0.2, 0.25) is 0 Å². The maximum atomic E-state index is 11.6. The molecule has 0 unspecified atom stereocenters. The monoisotopic (exact) mass is 222 g/mol. The molecule has 1 heterocycles. The third kappa shape index (κ3) is 2.82. The van der Waals surface area contributed by atoms with E-state index in [-0.39, 0.29) is 5.91 Å². The van der Waals surface area contributed by atoms with E-state index in [0.717, 1.165) is 18.8 Å². The van der Waals surface area contributed by atoms with Gasteiger partial charge in [-0.05, 0) is 25.5 Å². The first-order valence-electron chi connectivity index (χ1n) is 5.85. The predicted molar refractivity (Wildman–Crippen MR) is 61.4 cm³/mol. The molecule has 1 saturated carbocycles. The van der Waals surface area contributed by atoms with Gasteiger partial charge in [0, 0.05) is 24.7 Å². The van der Waals surface area contributed by atoms with Gasteiger partial charge in [0.15, 0.2) is 0 Å². The Kier molecular flexibility index (Phi) is 3.56. The molecule has 0 aromatic carbocycles. The molecule has 0 bridgehead atoms. The van der Waals surface area contributed by atoms with Crippen LogP contribution in [0.1, 0.15) is 41.9 Å². The Morgan fingerprint density at radius 1 is 1.56 bits per heavy atom. The summed E-state index contributed by atoms with van der Waals surface area (Å²) in [4.78, 5) is 11.6. The molecule has 16 heavy (non-hydrogen) atoms. The fourth-order valence-corrected chi connectivity index (χ4v) is 1.59. The third-order valence-electron chi connectivity index (χ3n) is 2.68. The van der Waals surface area contributed by atoms with Crippen molar-refractivity contribution in [3.05, 3.63) is 17.5 Å². The summed E-state index contributed by atoms with van der Waals surface area (Å²) in [6, 6.07) is 1.86. The highest BCUT2D eigenvalue weighted by atomic mass is 16.1. The second-order valence-corrected chi connectivity index (χ2v) is 4.09. The summed E-state index contributed by atoms with van der Waals surface area (Å²) >= 11 is 0. The Bertz CT molecular complexity index is 357. The summed E-state index contributed by atoms with van der Waals surface area (Å²) in [5.74, 6) is 0.511. The summed E-state index contributed by atoms with van der Waals surface area (Å²) < 4.78 is 0. The number of amides is 1. The molecule has 2 rings (SSSR count). The lowest BCUT2D eigenvalue weighted by Gasteiger charge is -2.02. The number of aromatic amines is 1. The first kappa shape index (κ1) is 11.1. The molecule has 1 aromatic heterocycles. The van der Waals surface area contributed by atoms with E-state index in [1.807, 2.05) is 13.0 Å². The number of likely N-dealkylation sites (N-methyl/N-ethyl adjacent to an activating group) is 1. The standard InChI is InChI=1S/C11H18N4O/c1-2-12-5-6-13-11(16)10-7-9(14-15-10)8-3-4-8/h7-8,12H,2-6H2,1H3,(H,13,16)(H,14,15). The molecule has 5 nitrogen and oxygen atoms in total. The van der Waals surface area contributed by atoms with Gasteiger partial charge < -0.3 is 10.6 Å². The molecule has 0 spiro atoms. The van der Waals surface area contributed by atoms with Crippen LogP contribution in [0, 0.1) is 0 Å². The third-order valence-corrected chi connectivity index (χ3v) is 2.68. The molecule has 88 valence electrons. The molecule has 1 fully saturated rings. The number of carbonyl (C=O) groups is 1. The zero-order valence-electron chi connectivity index (χ0n) is 9.55. The van der Waals surface area contributed by atoms with Crippen molar-refractivity contribution in [3.8, 4) is 0 Å². The number of hydrogen-bond donors (Lipinski definition) is 3. The fraction of sp³-hybridized carbons (Fsp3) is 0.636. The van der Waals surface area contributed by atoms with E-state index in [1.54, 1.807) is 0 Å². The van der Waals surface area contributed by atoms with Crippen molar-refractivity contribution in [2.45, 2.75) is 25.7 Å². The molecule has 1 aliphatic rings. The van der Waals surface area contributed by atoms with Gasteiger partial charge >= 0.3 is 0 Å². The smallest absolute Gasteiger partial charge is 0.271 e. The van der Waals surface area contributed by atoms with Crippen LogP contribution in [0.5, 0.6) is 0 Å². The van der Waals surface area contributed by atoms with Crippen LogP contribution in [0.25, 0.3) is 0 Å². The van der Waals surface area contributed by atoms with Crippen LogP contribution in [-0.2, 0) is 0 Å². The second kappa shape index (κ2) is 5.12. The molecule has 0 atom stereocenters. The van der Waals surface area contributed by atoms with Gasteiger partial charge in [0.25, 0.3) is 5.91 Å². The topological polar surface area (TPSA) is 69.8 Å². The number of hydrogen-bond acceptors (Lipinski definition) is 3. The Morgan fingerprint density at radius 2 is 2.38 bits per heavy atom. The van der Waals surface area contributed by atoms with Gasteiger partial charge in [-0.1, -0.05) is 6.92 Å². The summed E-state index contributed by atoms with van der Waals surface area (Å²) in [5.41, 5.74) is 1.59. The molecule has 0 radical (unpaired) electrons. The van der Waals surface area contributed by atoms with E-state index in [2.05, 4.69) is 20.8 Å². The van der Waals surface area contributed by atoms with Gasteiger partial charge in [-0.15, -0.1) is 0 Å². The maximum Gasteiger partial charge on any atom is 0.271 e. The van der Waals surface area contributed by atoms with E-state index < -0.39 is 0 Å². The average Bonchev–Trinajstić information content (AvgIpc) is 3.02. The van der Waals surface area contributed by atoms with Crippen molar-refractivity contribution >= 4 is 5.91 Å². The highest BCUT2D eigenvalue weighted by molar-refractivity contribution is 5.92. The van der Waals surface area contributed by atoms with Gasteiger partial charge in [0.05, 0.1) is 0 Å². The van der Waals surface area contributed by atoms with E-state index in [4.69, 9.17) is 0 Å². The van der Waals surface area contributed by atoms with Crippen molar-refractivity contribution < 1.29 is 4.79 Å². The van der Waals surface area contributed by atoms with Crippen LogP contribution >= 0.6 is 0 Å². The molecule has 0 aliphatic heterocycles. The van der Waals surface area contributed by atoms with E-state index in [1.165, 1.54) is 12.8 Å². The molecule has 3 N–H and O–H groups in total. The van der Waals surface area contributed by atoms with Gasteiger partial charge in [-0.25, -0.2) is 0 Å². The maximum absolute atomic E-state index is 11.6. The highest BCUT2D eigenvalue weighted by Crippen LogP contribution is 2.38. The number of H-pyrrole nitrogens is 1. The highest BCUT2D eigenvalue weighted by Gasteiger charge is 2.26. The first-order valence-corrected chi connectivity index (χ1v) is 5.85. The number of carbonyl (C=O) groups excluding carboxylic acids is 1. The van der Waals surface area contributed by atoms with Gasteiger partial charge in [-0.3, -0.25) is 9.89 Å². The first-order chi connectivity index (χ1) is 7.81. The van der Waals surface area contributed by atoms with Crippen LogP contribution in [0.2, 0.25) is 0 Å². The molecule has 1 aliphatic carbocycles. The van der Waals surface area contributed by atoms with E-state index >= 15 is 0 Å².